The van der Waals surface area contributed by atoms with Crippen LogP contribution in [0.4, 0.5) is 10.1 Å². The van der Waals surface area contributed by atoms with Crippen molar-refractivity contribution in [3.63, 3.8) is 0 Å². The first-order valence-corrected chi connectivity index (χ1v) is 5.98. The molecule has 3 heteroatoms. The van der Waals surface area contributed by atoms with Crippen LogP contribution in [0.2, 0.25) is 0 Å². The van der Waals surface area contributed by atoms with Gasteiger partial charge in [-0.05, 0) is 50.3 Å². The molecule has 0 saturated heterocycles. The average Bonchev–Trinajstić information content (AvgIpc) is 2.32. The van der Waals surface area contributed by atoms with Gasteiger partial charge in [-0.25, -0.2) is 4.39 Å². The van der Waals surface area contributed by atoms with Crippen LogP contribution in [-0.2, 0) is 0 Å². The third kappa shape index (κ3) is 4.62. The van der Waals surface area contributed by atoms with Crippen molar-refractivity contribution in [3.05, 3.63) is 30.1 Å². The highest BCUT2D eigenvalue weighted by Crippen LogP contribution is 2.07. The van der Waals surface area contributed by atoms with E-state index in [0.717, 1.165) is 38.3 Å². The fourth-order valence-electron chi connectivity index (χ4n) is 1.64. The summed E-state index contributed by atoms with van der Waals surface area (Å²) in [5, 5.41) is 3.28. The summed E-state index contributed by atoms with van der Waals surface area (Å²) in [5.74, 6) is -0.186. The molecule has 1 aromatic carbocycles. The smallest absolute Gasteiger partial charge is 0.123 e. The minimum atomic E-state index is -0.186. The SMILES string of the molecule is CCN(CC)CCCNc1ccc(F)cc1. The lowest BCUT2D eigenvalue weighted by atomic mass is 10.3. The zero-order valence-electron chi connectivity index (χ0n) is 10.2. The van der Waals surface area contributed by atoms with Crippen LogP contribution < -0.4 is 5.32 Å². The van der Waals surface area contributed by atoms with E-state index in [1.807, 2.05) is 0 Å². The van der Waals surface area contributed by atoms with Crippen LogP contribution >= 0.6 is 0 Å². The summed E-state index contributed by atoms with van der Waals surface area (Å²) in [6.45, 7) is 8.61. The van der Waals surface area contributed by atoms with E-state index in [1.54, 1.807) is 12.1 Å². The Labute approximate surface area is 97.5 Å². The van der Waals surface area contributed by atoms with Crippen LogP contribution in [0.15, 0.2) is 24.3 Å². The van der Waals surface area contributed by atoms with Gasteiger partial charge in [0.15, 0.2) is 0 Å². The van der Waals surface area contributed by atoms with Crippen molar-refractivity contribution in [2.75, 3.05) is 31.5 Å². The maximum Gasteiger partial charge on any atom is 0.123 e. The van der Waals surface area contributed by atoms with Crippen LogP contribution in [0.1, 0.15) is 20.3 Å². The summed E-state index contributed by atoms with van der Waals surface area (Å²) in [6, 6.07) is 6.50. The normalized spacial score (nSPS) is 10.8. The molecule has 1 aromatic rings. The second-order valence-corrected chi connectivity index (χ2v) is 3.81. The summed E-state index contributed by atoms with van der Waals surface area (Å²) in [5.41, 5.74) is 0.987. The Morgan fingerprint density at radius 1 is 1.12 bits per heavy atom. The Hall–Kier alpha value is -1.09. The molecule has 0 radical (unpaired) electrons. The molecule has 0 aliphatic carbocycles. The highest BCUT2D eigenvalue weighted by Gasteiger charge is 1.98. The van der Waals surface area contributed by atoms with Gasteiger partial charge in [0.25, 0.3) is 0 Å². The van der Waals surface area contributed by atoms with E-state index in [2.05, 4.69) is 24.1 Å². The van der Waals surface area contributed by atoms with Crippen molar-refractivity contribution in [1.29, 1.82) is 0 Å². The van der Waals surface area contributed by atoms with Crippen molar-refractivity contribution >= 4 is 5.69 Å². The Balaban J connectivity index is 2.18. The largest absolute Gasteiger partial charge is 0.385 e. The summed E-state index contributed by atoms with van der Waals surface area (Å²) in [7, 11) is 0. The maximum atomic E-state index is 12.6. The molecule has 0 atom stereocenters. The predicted octanol–water partition coefficient (Wildman–Crippen LogP) is 2.97. The molecule has 90 valence electrons. The van der Waals surface area contributed by atoms with Gasteiger partial charge >= 0.3 is 0 Å². The number of hydrogen-bond donors (Lipinski definition) is 1. The molecule has 0 heterocycles. The molecule has 0 fully saturated rings. The van der Waals surface area contributed by atoms with Gasteiger partial charge in [-0.1, -0.05) is 13.8 Å². The standard InChI is InChI=1S/C13H21FN2/c1-3-16(4-2)11-5-10-15-13-8-6-12(14)7-9-13/h6-9,15H,3-5,10-11H2,1-2H3. The van der Waals surface area contributed by atoms with Gasteiger partial charge in [0.1, 0.15) is 5.82 Å². The Bertz CT molecular complexity index is 280. The number of benzene rings is 1. The zero-order valence-corrected chi connectivity index (χ0v) is 10.2. The monoisotopic (exact) mass is 224 g/mol. The highest BCUT2D eigenvalue weighted by molar-refractivity contribution is 5.42. The molecular weight excluding hydrogens is 203 g/mol. The third-order valence-electron chi connectivity index (χ3n) is 2.72. The number of nitrogens with zero attached hydrogens (tertiary/aromatic N) is 1. The molecule has 0 saturated carbocycles. The second-order valence-electron chi connectivity index (χ2n) is 3.81. The van der Waals surface area contributed by atoms with Crippen LogP contribution in [0.3, 0.4) is 0 Å². The van der Waals surface area contributed by atoms with Gasteiger partial charge in [0.2, 0.25) is 0 Å². The van der Waals surface area contributed by atoms with Crippen molar-refractivity contribution in [3.8, 4) is 0 Å². The number of rotatable bonds is 7. The Kier molecular flexibility index (Phi) is 5.86. The summed E-state index contributed by atoms with van der Waals surface area (Å²) in [6.07, 6.45) is 1.11. The van der Waals surface area contributed by atoms with Crippen LogP contribution in [0.25, 0.3) is 0 Å². The minimum absolute atomic E-state index is 0.186. The molecule has 0 aromatic heterocycles. The van der Waals surface area contributed by atoms with Gasteiger partial charge in [0.05, 0.1) is 0 Å². The third-order valence-corrected chi connectivity index (χ3v) is 2.72. The summed E-state index contributed by atoms with van der Waals surface area (Å²) in [4.78, 5) is 2.40. The van der Waals surface area contributed by atoms with E-state index in [1.165, 1.54) is 12.1 Å². The highest BCUT2D eigenvalue weighted by atomic mass is 19.1. The van der Waals surface area contributed by atoms with E-state index in [9.17, 15) is 4.39 Å². The van der Waals surface area contributed by atoms with Gasteiger partial charge in [-0.3, -0.25) is 0 Å². The minimum Gasteiger partial charge on any atom is -0.385 e. The second kappa shape index (κ2) is 7.23. The summed E-state index contributed by atoms with van der Waals surface area (Å²) >= 11 is 0. The molecule has 1 rings (SSSR count). The van der Waals surface area contributed by atoms with E-state index in [-0.39, 0.29) is 5.82 Å². The van der Waals surface area contributed by atoms with Crippen molar-refractivity contribution in [1.82, 2.24) is 4.90 Å². The molecule has 0 aliphatic heterocycles. The molecule has 1 N–H and O–H groups in total. The van der Waals surface area contributed by atoms with Crippen molar-refractivity contribution in [2.24, 2.45) is 0 Å². The topological polar surface area (TPSA) is 15.3 Å². The first-order chi connectivity index (χ1) is 7.76. The van der Waals surface area contributed by atoms with Crippen LogP contribution in [0.5, 0.6) is 0 Å². The predicted molar refractivity (Wildman–Crippen MR) is 67.3 cm³/mol. The van der Waals surface area contributed by atoms with Gasteiger partial charge in [-0.15, -0.1) is 0 Å². The molecular formula is C13H21FN2. The quantitative estimate of drug-likeness (QED) is 0.716. The lowest BCUT2D eigenvalue weighted by molar-refractivity contribution is 0.303. The number of nitrogens with one attached hydrogen (secondary N) is 1. The van der Waals surface area contributed by atoms with E-state index in [0.29, 0.717) is 0 Å². The van der Waals surface area contributed by atoms with Gasteiger partial charge in [-0.2, -0.15) is 0 Å². The fourth-order valence-corrected chi connectivity index (χ4v) is 1.64. The lowest BCUT2D eigenvalue weighted by Crippen LogP contribution is -2.25. The van der Waals surface area contributed by atoms with Gasteiger partial charge in [0, 0.05) is 12.2 Å². The first-order valence-electron chi connectivity index (χ1n) is 5.98. The number of halogens is 1. The van der Waals surface area contributed by atoms with Crippen LogP contribution in [0, 0.1) is 5.82 Å². The van der Waals surface area contributed by atoms with Crippen molar-refractivity contribution < 1.29 is 4.39 Å². The van der Waals surface area contributed by atoms with E-state index >= 15 is 0 Å². The molecule has 16 heavy (non-hydrogen) atoms. The van der Waals surface area contributed by atoms with E-state index in [4.69, 9.17) is 0 Å². The maximum absolute atomic E-state index is 12.6. The van der Waals surface area contributed by atoms with Gasteiger partial charge < -0.3 is 10.2 Å². The Morgan fingerprint density at radius 2 is 1.75 bits per heavy atom. The Morgan fingerprint density at radius 3 is 2.31 bits per heavy atom. The van der Waals surface area contributed by atoms with E-state index < -0.39 is 0 Å². The zero-order chi connectivity index (χ0) is 11.8. The lowest BCUT2D eigenvalue weighted by Gasteiger charge is -2.17. The molecule has 0 spiro atoms. The first kappa shape index (κ1) is 13.0. The molecule has 0 unspecified atom stereocenters. The molecule has 0 bridgehead atoms. The number of anilines is 1. The van der Waals surface area contributed by atoms with Crippen molar-refractivity contribution in [2.45, 2.75) is 20.3 Å². The van der Waals surface area contributed by atoms with Crippen LogP contribution in [-0.4, -0.2) is 31.1 Å². The fraction of sp³-hybridized carbons (Fsp3) is 0.538. The molecule has 0 amide bonds. The summed E-state index contributed by atoms with van der Waals surface area (Å²) < 4.78 is 12.6. The molecule has 2 nitrogen and oxygen atoms in total. The molecule has 0 aliphatic rings. The number of hydrogen-bond acceptors (Lipinski definition) is 2. The average molecular weight is 224 g/mol.